The summed E-state index contributed by atoms with van der Waals surface area (Å²) >= 11 is 0. The number of ether oxygens (including phenoxy) is 1. The summed E-state index contributed by atoms with van der Waals surface area (Å²) in [6, 6.07) is 9.04. The van der Waals surface area contributed by atoms with Gasteiger partial charge in [-0.3, -0.25) is 9.88 Å². The molecular formula is C35H34F2N6O2. The summed E-state index contributed by atoms with van der Waals surface area (Å²) in [4.78, 5) is 18.6. The van der Waals surface area contributed by atoms with Gasteiger partial charge in [0, 0.05) is 54.9 Å². The molecule has 0 aliphatic carbocycles. The minimum Gasteiger partial charge on any atom is -0.461 e. The van der Waals surface area contributed by atoms with Gasteiger partial charge in [-0.1, -0.05) is 42.3 Å². The molecule has 2 bridgehead atoms. The predicted octanol–water partition coefficient (Wildman–Crippen LogP) is 4.58. The number of halogens is 2. The lowest BCUT2D eigenvalue weighted by molar-refractivity contribution is 0.0645. The van der Waals surface area contributed by atoms with E-state index in [-0.39, 0.29) is 41.0 Å². The standard InChI is InChI=1S/C35H34F2N6O2/c1-3-25-28(36)10-7-21-5-4-6-26(29(21)25)31-30(37)32-27(14-38-31)33(42-16-22-8-9-23(17-42)39-22)41-34(40-32)45-19-35-12-11-24(18-44)43(35)15-20(2)13-35/h1,4-7,10,14,22-24,39,44H,2,8-9,11-13,15-19H2/t22?,23?,24-,35-/m0/s1. The molecule has 0 radical (unpaired) electrons. The summed E-state index contributed by atoms with van der Waals surface area (Å²) in [5.74, 6) is 1.84. The van der Waals surface area contributed by atoms with Gasteiger partial charge in [0.25, 0.3) is 0 Å². The first kappa shape index (κ1) is 28.3. The topological polar surface area (TPSA) is 86.6 Å². The van der Waals surface area contributed by atoms with Crippen molar-refractivity contribution >= 4 is 27.5 Å². The van der Waals surface area contributed by atoms with Crippen LogP contribution < -0.4 is 15.0 Å². The summed E-state index contributed by atoms with van der Waals surface area (Å²) in [6.45, 7) is 6.78. The summed E-state index contributed by atoms with van der Waals surface area (Å²) in [5.41, 5.74) is 1.37. The second-order valence-electron chi connectivity index (χ2n) is 13.0. The number of hydrogen-bond acceptors (Lipinski definition) is 8. The average Bonchev–Trinajstić information content (AvgIpc) is 3.68. The highest BCUT2D eigenvalue weighted by Crippen LogP contribution is 2.44. The third-order valence-electron chi connectivity index (χ3n) is 10.2. The van der Waals surface area contributed by atoms with Crippen molar-refractivity contribution in [3.63, 3.8) is 0 Å². The SMILES string of the molecule is C#Cc1c(F)ccc2cccc(-c3ncc4c(N5CC6CCC(C5)N6)nc(OC[C@@]56CC[C@@H](CO)N5CC(=C)C6)nc4c3F)c12. The molecule has 2 aromatic carbocycles. The number of benzene rings is 2. The second-order valence-corrected chi connectivity index (χ2v) is 13.0. The van der Waals surface area contributed by atoms with Crippen LogP contribution in [0.3, 0.4) is 0 Å². The van der Waals surface area contributed by atoms with Crippen LogP contribution in [0.15, 0.2) is 48.7 Å². The van der Waals surface area contributed by atoms with Crippen LogP contribution in [-0.4, -0.2) is 81.5 Å². The number of piperazine rings is 1. The lowest BCUT2D eigenvalue weighted by Gasteiger charge is -2.35. The Morgan fingerprint density at radius 1 is 1.13 bits per heavy atom. The number of nitrogens with one attached hydrogen (secondary N) is 1. The van der Waals surface area contributed by atoms with E-state index < -0.39 is 11.6 Å². The van der Waals surface area contributed by atoms with Gasteiger partial charge in [0.05, 0.1) is 23.1 Å². The van der Waals surface area contributed by atoms with Gasteiger partial charge in [0.15, 0.2) is 5.82 Å². The fourth-order valence-corrected chi connectivity index (χ4v) is 8.14. The Morgan fingerprint density at radius 2 is 1.96 bits per heavy atom. The number of hydrogen-bond donors (Lipinski definition) is 2. The Hall–Kier alpha value is -4.17. The van der Waals surface area contributed by atoms with Crippen LogP contribution in [0.1, 0.15) is 37.7 Å². The fraction of sp³-hybridized carbons (Fsp3) is 0.400. The van der Waals surface area contributed by atoms with Crippen LogP contribution >= 0.6 is 0 Å². The van der Waals surface area contributed by atoms with Crippen LogP contribution in [0.4, 0.5) is 14.6 Å². The number of aliphatic hydroxyl groups is 1. The first-order valence-corrected chi connectivity index (χ1v) is 15.6. The van der Waals surface area contributed by atoms with Gasteiger partial charge in [0.1, 0.15) is 29.5 Å². The molecule has 4 aromatic rings. The zero-order valence-electron chi connectivity index (χ0n) is 24.9. The Kier molecular flexibility index (Phi) is 6.75. The van der Waals surface area contributed by atoms with Crippen LogP contribution in [0.2, 0.25) is 0 Å². The molecule has 4 fully saturated rings. The van der Waals surface area contributed by atoms with Gasteiger partial charge in [-0.05, 0) is 43.6 Å². The molecule has 6 heterocycles. The number of aromatic nitrogens is 3. The molecule has 230 valence electrons. The Morgan fingerprint density at radius 3 is 2.73 bits per heavy atom. The van der Waals surface area contributed by atoms with Crippen molar-refractivity contribution < 1.29 is 18.6 Å². The highest BCUT2D eigenvalue weighted by atomic mass is 19.1. The maximum Gasteiger partial charge on any atom is 0.319 e. The molecule has 10 heteroatoms. The van der Waals surface area contributed by atoms with Crippen molar-refractivity contribution in [1.82, 2.24) is 25.2 Å². The van der Waals surface area contributed by atoms with Crippen molar-refractivity contribution in [3.8, 4) is 29.6 Å². The Labute approximate surface area is 260 Å². The molecule has 8 nitrogen and oxygen atoms in total. The molecule has 2 N–H and O–H groups in total. The molecule has 2 unspecified atom stereocenters. The molecule has 4 saturated heterocycles. The molecule has 8 rings (SSSR count). The largest absolute Gasteiger partial charge is 0.461 e. The van der Waals surface area contributed by atoms with Crippen molar-refractivity contribution in [1.29, 1.82) is 0 Å². The Balaban J connectivity index is 1.25. The fourth-order valence-electron chi connectivity index (χ4n) is 8.14. The normalized spacial score (nSPS) is 26.1. The highest BCUT2D eigenvalue weighted by Gasteiger charge is 2.51. The smallest absolute Gasteiger partial charge is 0.319 e. The van der Waals surface area contributed by atoms with E-state index in [1.165, 1.54) is 6.07 Å². The highest BCUT2D eigenvalue weighted by molar-refractivity contribution is 6.02. The number of terminal acetylenes is 1. The number of anilines is 1. The maximum atomic E-state index is 16.8. The van der Waals surface area contributed by atoms with E-state index in [2.05, 4.69) is 37.6 Å². The van der Waals surface area contributed by atoms with Gasteiger partial charge in [-0.2, -0.15) is 9.97 Å². The van der Waals surface area contributed by atoms with Crippen LogP contribution in [0.5, 0.6) is 6.01 Å². The van der Waals surface area contributed by atoms with E-state index >= 15 is 4.39 Å². The van der Waals surface area contributed by atoms with E-state index in [4.69, 9.17) is 16.1 Å². The van der Waals surface area contributed by atoms with Gasteiger partial charge in [-0.15, -0.1) is 6.42 Å². The number of nitrogens with zero attached hydrogens (tertiary/aromatic N) is 5. The number of rotatable bonds is 6. The molecule has 4 aliphatic heterocycles. The minimum absolute atomic E-state index is 0.0321. The van der Waals surface area contributed by atoms with Crippen molar-refractivity contribution in [2.24, 2.45) is 0 Å². The molecule has 0 spiro atoms. The van der Waals surface area contributed by atoms with E-state index in [0.717, 1.165) is 57.3 Å². The van der Waals surface area contributed by atoms with Gasteiger partial charge >= 0.3 is 6.01 Å². The summed E-state index contributed by atoms with van der Waals surface area (Å²) in [7, 11) is 0. The van der Waals surface area contributed by atoms with E-state index in [9.17, 15) is 9.50 Å². The molecule has 45 heavy (non-hydrogen) atoms. The molecule has 4 atom stereocenters. The van der Waals surface area contributed by atoms with Crippen LogP contribution in [-0.2, 0) is 0 Å². The molecule has 0 saturated carbocycles. The van der Waals surface area contributed by atoms with Crippen molar-refractivity contribution in [3.05, 3.63) is 65.9 Å². The molecule has 2 aromatic heterocycles. The third kappa shape index (κ3) is 4.56. The zero-order valence-corrected chi connectivity index (χ0v) is 24.9. The van der Waals surface area contributed by atoms with Gasteiger partial charge in [0.2, 0.25) is 0 Å². The maximum absolute atomic E-state index is 16.8. The van der Waals surface area contributed by atoms with Gasteiger partial charge < -0.3 is 20.1 Å². The van der Waals surface area contributed by atoms with E-state index in [1.807, 2.05) is 6.07 Å². The van der Waals surface area contributed by atoms with Gasteiger partial charge in [-0.25, -0.2) is 8.78 Å². The van der Waals surface area contributed by atoms with Crippen molar-refractivity contribution in [2.75, 3.05) is 37.7 Å². The second kappa shape index (κ2) is 10.7. The lowest BCUT2D eigenvalue weighted by atomic mass is 9.94. The van der Waals surface area contributed by atoms with E-state index in [1.54, 1.807) is 24.4 Å². The summed E-state index contributed by atoms with van der Waals surface area (Å²) < 4.78 is 38.0. The average molecular weight is 609 g/mol. The summed E-state index contributed by atoms with van der Waals surface area (Å²) in [6.07, 6.45) is 12.0. The first-order chi connectivity index (χ1) is 21.9. The number of aliphatic hydroxyl groups excluding tert-OH is 1. The Bertz CT molecular complexity index is 1900. The lowest BCUT2D eigenvalue weighted by Crippen LogP contribution is -2.51. The monoisotopic (exact) mass is 608 g/mol. The predicted molar refractivity (Wildman–Crippen MR) is 169 cm³/mol. The first-order valence-electron chi connectivity index (χ1n) is 15.6. The zero-order chi connectivity index (χ0) is 30.9. The molecular weight excluding hydrogens is 574 g/mol. The van der Waals surface area contributed by atoms with Crippen molar-refractivity contribution in [2.45, 2.75) is 55.8 Å². The molecule has 0 amide bonds. The minimum atomic E-state index is -0.644. The quantitative estimate of drug-likeness (QED) is 0.243. The summed E-state index contributed by atoms with van der Waals surface area (Å²) in [5, 5.41) is 15.2. The van der Waals surface area contributed by atoms with Crippen LogP contribution in [0.25, 0.3) is 32.9 Å². The van der Waals surface area contributed by atoms with E-state index in [0.29, 0.717) is 46.2 Å². The number of fused-ring (bicyclic) bond motifs is 5. The third-order valence-corrected chi connectivity index (χ3v) is 10.2. The number of pyridine rings is 1. The van der Waals surface area contributed by atoms with Crippen LogP contribution in [0, 0.1) is 24.0 Å². The molecule has 4 aliphatic rings.